The molecule has 4 atom stereocenters. The van der Waals surface area contributed by atoms with E-state index in [4.69, 9.17) is 33.7 Å². The molecular weight excluding hydrogens is 857 g/mol. The second-order valence-corrected chi connectivity index (χ2v) is 18.7. The minimum absolute atomic E-state index is 0.0384. The van der Waals surface area contributed by atoms with Crippen LogP contribution in [0.3, 0.4) is 0 Å². The summed E-state index contributed by atoms with van der Waals surface area (Å²) in [4.78, 5) is 73.5. The first-order valence-electron chi connectivity index (χ1n) is 23.5. The number of rotatable bonds is 10. The highest BCUT2D eigenvalue weighted by Gasteiger charge is 2.46. The molecule has 17 heteroatoms. The van der Waals surface area contributed by atoms with E-state index in [0.29, 0.717) is 77.6 Å². The molecule has 4 unspecified atom stereocenters. The molecule has 2 aromatic heterocycles. The van der Waals surface area contributed by atoms with Gasteiger partial charge in [0.1, 0.15) is 36.1 Å². The maximum Gasteiger partial charge on any atom is 0.407 e. The number of likely N-dealkylation sites (tertiary alicyclic amines) is 2. The van der Waals surface area contributed by atoms with Crippen molar-refractivity contribution in [1.82, 2.24) is 40.4 Å². The minimum Gasteiger partial charge on any atom is -0.488 e. The molecule has 4 N–H and O–H groups in total. The van der Waals surface area contributed by atoms with Gasteiger partial charge in [-0.25, -0.2) is 19.6 Å². The fraction of sp³-hybridized carbons (Fsp3) is 0.480. The van der Waals surface area contributed by atoms with Crippen LogP contribution in [0, 0.1) is 11.3 Å². The largest absolute Gasteiger partial charge is 0.488 e. The number of nitrogens with zero attached hydrogens (tertiary/aromatic N) is 4. The minimum atomic E-state index is -0.749. The van der Waals surface area contributed by atoms with Crippen LogP contribution in [0.5, 0.6) is 5.75 Å². The van der Waals surface area contributed by atoms with Gasteiger partial charge in [-0.05, 0) is 97.6 Å². The molecule has 7 heterocycles. The Kier molecular flexibility index (Phi) is 12.4. The zero-order valence-electron chi connectivity index (χ0n) is 38.2. The van der Waals surface area contributed by atoms with Crippen molar-refractivity contribution in [3.8, 4) is 39.4 Å². The molecule has 17 nitrogen and oxygen atoms in total. The Bertz CT molecular complexity index is 2670. The molecule has 5 aliphatic heterocycles. The summed E-state index contributed by atoms with van der Waals surface area (Å²) in [6.45, 7) is 5.75. The standard InChI is InChI=1S/C50H58N8O9/c1-50(16-22-66-23-17-50)43(56-49(62)64-3)47(60)58-19-5-7-40(58)45-52-26-37(53-45)31-10-12-35-30(24-31)8-13-36-34-11-9-32(25-33(34)28-67-42(35)36)38-27-51-44(54-38)39-6-4-18-57(39)46(59)41(55-48(61)63-2)29-14-20-65-21-15-29/h8-13,24-27,29,39-41,43H,4-7,14-23,28H2,1-3H3,(H,51,54)(H,52,53)(H,55,61)(H,56,62). The highest BCUT2D eigenvalue weighted by Crippen LogP contribution is 2.45. The Morgan fingerprint density at radius 2 is 1.33 bits per heavy atom. The molecule has 4 fully saturated rings. The van der Waals surface area contributed by atoms with Gasteiger partial charge < -0.3 is 54.1 Å². The first-order valence-corrected chi connectivity index (χ1v) is 23.5. The number of ether oxygens (including phenoxy) is 5. The summed E-state index contributed by atoms with van der Waals surface area (Å²) in [5.41, 5.74) is 6.33. The molecule has 3 aromatic carbocycles. The number of amides is 4. The molecule has 0 aliphatic carbocycles. The molecule has 10 rings (SSSR count). The molecule has 5 aliphatic rings. The van der Waals surface area contributed by atoms with Gasteiger partial charge in [-0.1, -0.05) is 37.3 Å². The van der Waals surface area contributed by atoms with E-state index in [1.165, 1.54) is 14.2 Å². The highest BCUT2D eigenvalue weighted by atomic mass is 16.5. The number of H-pyrrole nitrogens is 2. The van der Waals surface area contributed by atoms with Crippen LogP contribution in [-0.2, 0) is 35.1 Å². The molecular formula is C50H58N8O9. The average Bonchev–Trinajstić information content (AvgIpc) is 4.22. The second-order valence-electron chi connectivity index (χ2n) is 18.7. The van der Waals surface area contributed by atoms with Gasteiger partial charge in [0.2, 0.25) is 11.8 Å². The van der Waals surface area contributed by atoms with Crippen molar-refractivity contribution in [1.29, 1.82) is 0 Å². The third-order valence-corrected chi connectivity index (χ3v) is 14.7. The number of hydrogen-bond acceptors (Lipinski definition) is 11. The predicted octanol–water partition coefficient (Wildman–Crippen LogP) is 7.20. The van der Waals surface area contributed by atoms with E-state index in [1.807, 2.05) is 29.1 Å². The molecule has 5 aromatic rings. The Hall–Kier alpha value is -6.46. The van der Waals surface area contributed by atoms with E-state index in [1.54, 1.807) is 0 Å². The lowest BCUT2D eigenvalue weighted by Gasteiger charge is -2.41. The number of carbonyl (C=O) groups excluding carboxylic acids is 4. The number of nitrogens with one attached hydrogen (secondary N) is 4. The number of methoxy groups -OCH3 is 2. The van der Waals surface area contributed by atoms with Gasteiger partial charge in [0.25, 0.3) is 0 Å². The third-order valence-electron chi connectivity index (χ3n) is 14.7. The Morgan fingerprint density at radius 1 is 0.731 bits per heavy atom. The van der Waals surface area contributed by atoms with Crippen LogP contribution in [0.25, 0.3) is 44.4 Å². The third kappa shape index (κ3) is 8.58. The van der Waals surface area contributed by atoms with Gasteiger partial charge in [0, 0.05) is 61.4 Å². The van der Waals surface area contributed by atoms with E-state index in [-0.39, 0.29) is 29.8 Å². The fourth-order valence-corrected chi connectivity index (χ4v) is 10.9. The van der Waals surface area contributed by atoms with Crippen LogP contribution in [0.4, 0.5) is 9.59 Å². The van der Waals surface area contributed by atoms with Crippen LogP contribution in [-0.4, -0.2) is 120 Å². The molecule has 4 amide bonds. The Labute approximate surface area is 388 Å². The molecule has 352 valence electrons. The summed E-state index contributed by atoms with van der Waals surface area (Å²) >= 11 is 0. The highest BCUT2D eigenvalue weighted by molar-refractivity contribution is 5.98. The fourth-order valence-electron chi connectivity index (χ4n) is 10.9. The summed E-state index contributed by atoms with van der Waals surface area (Å²) in [6.07, 6.45) is 8.27. The van der Waals surface area contributed by atoms with Crippen molar-refractivity contribution in [3.63, 3.8) is 0 Å². The number of fused-ring (bicyclic) bond motifs is 5. The van der Waals surface area contributed by atoms with Gasteiger partial charge in [-0.2, -0.15) is 0 Å². The lowest BCUT2D eigenvalue weighted by molar-refractivity contribution is -0.140. The average molecular weight is 915 g/mol. The number of carbonyl (C=O) groups is 4. The van der Waals surface area contributed by atoms with Gasteiger partial charge in [0.15, 0.2) is 0 Å². The van der Waals surface area contributed by atoms with Crippen molar-refractivity contribution < 1.29 is 42.9 Å². The van der Waals surface area contributed by atoms with E-state index < -0.39 is 29.7 Å². The maximum absolute atomic E-state index is 14.3. The zero-order valence-corrected chi connectivity index (χ0v) is 38.2. The maximum atomic E-state index is 14.3. The second kappa shape index (κ2) is 18.7. The first kappa shape index (κ1) is 44.4. The topological polar surface area (TPSA) is 202 Å². The van der Waals surface area contributed by atoms with Crippen LogP contribution < -0.4 is 15.4 Å². The number of benzene rings is 3. The van der Waals surface area contributed by atoms with E-state index in [9.17, 15) is 19.2 Å². The number of hydrogen-bond donors (Lipinski definition) is 4. The van der Waals surface area contributed by atoms with Crippen molar-refractivity contribution >= 4 is 34.8 Å². The van der Waals surface area contributed by atoms with Crippen LogP contribution >= 0.6 is 0 Å². The Morgan fingerprint density at radius 3 is 2.00 bits per heavy atom. The summed E-state index contributed by atoms with van der Waals surface area (Å²) in [5.74, 6) is 1.97. The van der Waals surface area contributed by atoms with Crippen LogP contribution in [0.15, 0.2) is 60.9 Å². The van der Waals surface area contributed by atoms with Crippen molar-refractivity contribution in [3.05, 3.63) is 78.1 Å². The first-order chi connectivity index (χ1) is 32.6. The summed E-state index contributed by atoms with van der Waals surface area (Å²) in [7, 11) is 2.62. The van der Waals surface area contributed by atoms with Gasteiger partial charge in [0.05, 0.1) is 50.1 Å². The lowest BCUT2D eigenvalue weighted by atomic mass is 9.75. The number of aromatic amines is 2. The SMILES string of the molecule is COC(=O)NC(C(=O)N1CCCC1c1ncc(-c2ccc3c(c2)COc2c-3ccc3cc(-c4cnc(C5CCCN5C(=O)C(NC(=O)OC)C5(C)CCOCC5)[nH]4)ccc23)[nH]1)C1CCOCC1. The monoisotopic (exact) mass is 914 g/mol. The Balaban J connectivity index is 0.844. The molecule has 0 spiro atoms. The lowest BCUT2D eigenvalue weighted by Crippen LogP contribution is -2.57. The van der Waals surface area contributed by atoms with Crippen LogP contribution in [0.2, 0.25) is 0 Å². The normalized spacial score (nSPS) is 21.2. The zero-order chi connectivity index (χ0) is 46.2. The van der Waals surface area contributed by atoms with E-state index >= 15 is 0 Å². The quantitative estimate of drug-likeness (QED) is 0.110. The van der Waals surface area contributed by atoms with Crippen molar-refractivity contribution in [2.24, 2.45) is 11.3 Å². The predicted molar refractivity (Wildman–Crippen MR) is 247 cm³/mol. The molecule has 4 saturated heterocycles. The number of alkyl carbamates (subject to hydrolysis) is 2. The molecule has 0 saturated carbocycles. The number of imidazole rings is 2. The van der Waals surface area contributed by atoms with Gasteiger partial charge in [-0.3, -0.25) is 9.59 Å². The molecule has 67 heavy (non-hydrogen) atoms. The van der Waals surface area contributed by atoms with Crippen molar-refractivity contribution in [2.45, 2.75) is 89.1 Å². The summed E-state index contributed by atoms with van der Waals surface area (Å²) < 4.78 is 27.5. The van der Waals surface area contributed by atoms with E-state index in [0.717, 1.165) is 87.2 Å². The van der Waals surface area contributed by atoms with E-state index in [2.05, 4.69) is 69.1 Å². The molecule has 0 bridgehead atoms. The summed E-state index contributed by atoms with van der Waals surface area (Å²) in [5, 5.41) is 7.71. The summed E-state index contributed by atoms with van der Waals surface area (Å²) in [6, 6.07) is 14.9. The smallest absolute Gasteiger partial charge is 0.407 e. The molecule has 0 radical (unpaired) electrons. The number of aromatic nitrogens is 4. The van der Waals surface area contributed by atoms with Gasteiger partial charge >= 0.3 is 12.2 Å². The van der Waals surface area contributed by atoms with Crippen LogP contribution in [0.1, 0.15) is 87.6 Å². The van der Waals surface area contributed by atoms with Crippen molar-refractivity contribution in [2.75, 3.05) is 53.7 Å². The van der Waals surface area contributed by atoms with Gasteiger partial charge in [-0.15, -0.1) is 0 Å².